The molecule has 1 saturated heterocycles. The lowest BCUT2D eigenvalue weighted by molar-refractivity contribution is -0.463. The molecule has 4 aliphatic carbocycles. The molecule has 128 valence electrons. The van der Waals surface area contributed by atoms with Gasteiger partial charge in [0.15, 0.2) is 0 Å². The second kappa shape index (κ2) is 3.93. The van der Waals surface area contributed by atoms with Gasteiger partial charge in [-0.1, -0.05) is 12.2 Å². The molecule has 0 amide bonds. The summed E-state index contributed by atoms with van der Waals surface area (Å²) in [5, 5.41) is 9.67. The molecule has 4 fully saturated rings. The van der Waals surface area contributed by atoms with Crippen molar-refractivity contribution in [1.29, 1.82) is 0 Å². The van der Waals surface area contributed by atoms with Crippen LogP contribution in [0.15, 0.2) is 12.2 Å². The van der Waals surface area contributed by atoms with Crippen LogP contribution in [-0.4, -0.2) is 29.6 Å². The zero-order valence-corrected chi connectivity index (χ0v) is 12.1. The minimum atomic E-state index is -5.50. The Morgan fingerprint density at radius 2 is 1.57 bits per heavy atom. The van der Waals surface area contributed by atoms with E-state index in [-0.39, 0.29) is 17.8 Å². The lowest BCUT2D eigenvalue weighted by atomic mass is 9.61. The highest BCUT2D eigenvalue weighted by Crippen LogP contribution is 2.73. The maximum absolute atomic E-state index is 14.7. The van der Waals surface area contributed by atoms with Crippen LogP contribution in [0.5, 0.6) is 0 Å². The zero-order valence-electron chi connectivity index (χ0n) is 12.1. The number of ether oxygens (including phenoxy) is 1. The summed E-state index contributed by atoms with van der Waals surface area (Å²) in [6.45, 7) is -0.429. The van der Waals surface area contributed by atoms with Gasteiger partial charge in [-0.25, -0.2) is 0 Å². The molecule has 1 aliphatic heterocycles. The summed E-state index contributed by atoms with van der Waals surface area (Å²) in [6, 6.07) is 0. The van der Waals surface area contributed by atoms with Gasteiger partial charge in [0.2, 0.25) is 0 Å². The molecule has 5 rings (SSSR count). The zero-order chi connectivity index (χ0) is 16.4. The third-order valence-corrected chi connectivity index (χ3v) is 7.33. The fraction of sp³-hybridized carbons (Fsp3) is 0.875. The summed E-state index contributed by atoms with van der Waals surface area (Å²) < 4.78 is 73.1. The maximum atomic E-state index is 14.7. The number of alkyl halides is 5. The Kier molecular flexibility index (Phi) is 2.50. The summed E-state index contributed by atoms with van der Waals surface area (Å²) in [5.41, 5.74) is 0. The van der Waals surface area contributed by atoms with E-state index >= 15 is 0 Å². The Hall–Kier alpha value is -0.690. The molecule has 2 nitrogen and oxygen atoms in total. The first-order valence-electron chi connectivity index (χ1n) is 8.16. The largest absolute Gasteiger partial charge is 0.449 e. The summed E-state index contributed by atoms with van der Waals surface area (Å²) in [6.07, 6.45) is 0.186. The van der Waals surface area contributed by atoms with Crippen LogP contribution < -0.4 is 0 Å². The molecule has 23 heavy (non-hydrogen) atoms. The van der Waals surface area contributed by atoms with Crippen molar-refractivity contribution in [3.8, 4) is 0 Å². The van der Waals surface area contributed by atoms with Gasteiger partial charge in [0, 0.05) is 5.92 Å². The molecule has 0 radical (unpaired) electrons. The van der Waals surface area contributed by atoms with Crippen LogP contribution in [0.2, 0.25) is 0 Å². The third-order valence-electron chi connectivity index (χ3n) is 7.33. The van der Waals surface area contributed by atoms with Crippen molar-refractivity contribution in [3.05, 3.63) is 12.2 Å². The number of rotatable bonds is 0. The molecule has 0 spiro atoms. The van der Waals surface area contributed by atoms with Gasteiger partial charge in [0.05, 0.1) is 6.61 Å². The molecule has 7 heteroatoms. The van der Waals surface area contributed by atoms with Crippen LogP contribution in [0.3, 0.4) is 0 Å². The number of aliphatic hydroxyl groups is 1. The van der Waals surface area contributed by atoms with Crippen molar-refractivity contribution >= 4 is 0 Å². The van der Waals surface area contributed by atoms with E-state index in [0.717, 1.165) is 6.42 Å². The SMILES string of the molecule is OC1(C(F)(F)F)OCC2C3CC(C4C5C=CC(C5)C34)C2C1(F)F. The molecule has 1 heterocycles. The molecule has 0 aromatic carbocycles. The first kappa shape index (κ1) is 14.6. The highest BCUT2D eigenvalue weighted by molar-refractivity contribution is 5.24. The predicted molar refractivity (Wildman–Crippen MR) is 68.2 cm³/mol. The van der Waals surface area contributed by atoms with Crippen molar-refractivity contribution < 1.29 is 31.8 Å². The second-order valence-corrected chi connectivity index (χ2v) is 7.93. The van der Waals surface area contributed by atoms with Crippen molar-refractivity contribution in [2.45, 2.75) is 30.7 Å². The van der Waals surface area contributed by atoms with Crippen LogP contribution in [0.1, 0.15) is 12.8 Å². The van der Waals surface area contributed by atoms with Gasteiger partial charge in [0.1, 0.15) is 0 Å². The van der Waals surface area contributed by atoms with Gasteiger partial charge >= 0.3 is 17.9 Å². The predicted octanol–water partition coefficient (Wildman–Crippen LogP) is 3.22. The first-order valence-corrected chi connectivity index (χ1v) is 8.16. The van der Waals surface area contributed by atoms with Crippen LogP contribution >= 0.6 is 0 Å². The van der Waals surface area contributed by atoms with Gasteiger partial charge in [-0.3, -0.25) is 0 Å². The maximum Gasteiger partial charge on any atom is 0.449 e. The fourth-order valence-corrected chi connectivity index (χ4v) is 6.74. The Morgan fingerprint density at radius 1 is 0.957 bits per heavy atom. The molecular formula is C16H17F5O2. The molecule has 4 bridgehead atoms. The van der Waals surface area contributed by atoms with Crippen molar-refractivity contribution in [1.82, 2.24) is 0 Å². The minimum Gasteiger partial charge on any atom is -0.354 e. The average molecular weight is 336 g/mol. The summed E-state index contributed by atoms with van der Waals surface area (Å²) in [7, 11) is 0. The molecular weight excluding hydrogens is 319 g/mol. The molecule has 5 aliphatic rings. The lowest BCUT2D eigenvalue weighted by Crippen LogP contribution is -2.69. The summed E-state index contributed by atoms with van der Waals surface area (Å²) in [4.78, 5) is 0. The number of hydrogen-bond acceptors (Lipinski definition) is 2. The van der Waals surface area contributed by atoms with Gasteiger partial charge < -0.3 is 9.84 Å². The molecule has 9 unspecified atom stereocenters. The quantitative estimate of drug-likeness (QED) is 0.418. The molecule has 0 aromatic rings. The topological polar surface area (TPSA) is 29.5 Å². The molecule has 0 aromatic heterocycles. The van der Waals surface area contributed by atoms with Gasteiger partial charge in [0.25, 0.3) is 0 Å². The number of halogens is 5. The number of fused-ring (bicyclic) bond motifs is 12. The lowest BCUT2D eigenvalue weighted by Gasteiger charge is -2.52. The Balaban J connectivity index is 1.56. The van der Waals surface area contributed by atoms with Crippen LogP contribution in [0.25, 0.3) is 0 Å². The van der Waals surface area contributed by atoms with Crippen LogP contribution in [0, 0.1) is 47.3 Å². The normalized spacial score (nSPS) is 58.5. The van der Waals surface area contributed by atoms with Gasteiger partial charge in [-0.15, -0.1) is 0 Å². The van der Waals surface area contributed by atoms with Crippen LogP contribution in [0.4, 0.5) is 22.0 Å². The van der Waals surface area contributed by atoms with Gasteiger partial charge in [-0.05, 0) is 54.3 Å². The Labute approximate surface area is 129 Å². The van der Waals surface area contributed by atoms with Crippen molar-refractivity contribution in [2.24, 2.45) is 47.3 Å². The summed E-state index contributed by atoms with van der Waals surface area (Å²) in [5.74, 6) is -10.1. The van der Waals surface area contributed by atoms with E-state index in [1.165, 1.54) is 0 Å². The summed E-state index contributed by atoms with van der Waals surface area (Å²) >= 11 is 0. The van der Waals surface area contributed by atoms with E-state index in [1.807, 2.05) is 0 Å². The average Bonchev–Trinajstić information content (AvgIpc) is 3.17. The minimum absolute atomic E-state index is 0.00129. The van der Waals surface area contributed by atoms with E-state index in [0.29, 0.717) is 18.3 Å². The number of hydrogen-bond donors (Lipinski definition) is 1. The standard InChI is InChI=1S/C16H17F5O2/c17-14(18)13-9-4-8(11-6-1-2-7(3-6)12(9)11)10(13)5-23-15(14,22)16(19,20)21/h1-2,6-13,22H,3-5H2. The first-order chi connectivity index (χ1) is 10.7. The fourth-order valence-electron chi connectivity index (χ4n) is 6.74. The van der Waals surface area contributed by atoms with Crippen molar-refractivity contribution in [3.63, 3.8) is 0 Å². The van der Waals surface area contributed by atoms with E-state index in [2.05, 4.69) is 16.9 Å². The highest BCUT2D eigenvalue weighted by Gasteiger charge is 2.81. The Morgan fingerprint density at radius 3 is 2.17 bits per heavy atom. The van der Waals surface area contributed by atoms with E-state index in [1.54, 1.807) is 0 Å². The Bertz CT molecular complexity index is 588. The van der Waals surface area contributed by atoms with E-state index in [4.69, 9.17) is 0 Å². The third kappa shape index (κ3) is 1.44. The van der Waals surface area contributed by atoms with Gasteiger partial charge in [-0.2, -0.15) is 22.0 Å². The van der Waals surface area contributed by atoms with E-state index < -0.39 is 42.2 Å². The number of allylic oxidation sites excluding steroid dienone is 2. The van der Waals surface area contributed by atoms with Crippen molar-refractivity contribution in [2.75, 3.05) is 6.61 Å². The molecule has 9 atom stereocenters. The molecule has 1 N–H and O–H groups in total. The smallest absolute Gasteiger partial charge is 0.354 e. The highest BCUT2D eigenvalue weighted by atomic mass is 19.4. The monoisotopic (exact) mass is 336 g/mol. The molecule has 3 saturated carbocycles. The second-order valence-electron chi connectivity index (χ2n) is 7.93. The van der Waals surface area contributed by atoms with E-state index in [9.17, 15) is 27.1 Å². The van der Waals surface area contributed by atoms with Crippen LogP contribution in [-0.2, 0) is 4.74 Å².